The maximum Gasteiger partial charge on any atom is 0.120 e. The van der Waals surface area contributed by atoms with Gasteiger partial charge in [0.25, 0.3) is 0 Å². The van der Waals surface area contributed by atoms with E-state index >= 15 is 0 Å². The van der Waals surface area contributed by atoms with Gasteiger partial charge in [-0.25, -0.2) is 0 Å². The van der Waals surface area contributed by atoms with Crippen molar-refractivity contribution in [1.82, 2.24) is 4.98 Å². The van der Waals surface area contributed by atoms with E-state index in [9.17, 15) is 0 Å². The highest BCUT2D eigenvalue weighted by molar-refractivity contribution is 6.08. The molecule has 0 saturated heterocycles. The Morgan fingerprint density at radius 3 is 2.53 bits per heavy atom. The Labute approximate surface area is 100 Å². The summed E-state index contributed by atoms with van der Waals surface area (Å²) in [6, 6.07) is 10.5. The van der Waals surface area contributed by atoms with Gasteiger partial charge in [-0.15, -0.1) is 0 Å². The maximum absolute atomic E-state index is 5.25. The zero-order chi connectivity index (χ0) is 12.0. The van der Waals surface area contributed by atoms with Crippen LogP contribution in [0, 0.1) is 13.8 Å². The SMILES string of the molecule is COc1ccc2c(c1)[nH]c1c(C)c(C)ccc12. The molecule has 0 aliphatic rings. The largest absolute Gasteiger partial charge is 0.497 e. The molecule has 0 aliphatic heterocycles. The Kier molecular flexibility index (Phi) is 2.11. The molecule has 0 unspecified atom stereocenters. The zero-order valence-corrected chi connectivity index (χ0v) is 10.3. The highest BCUT2D eigenvalue weighted by Gasteiger charge is 2.08. The number of nitrogens with one attached hydrogen (secondary N) is 1. The molecular formula is C15H15NO. The second-order valence-corrected chi connectivity index (χ2v) is 4.47. The van der Waals surface area contributed by atoms with Gasteiger partial charge in [-0.3, -0.25) is 0 Å². The number of hydrogen-bond acceptors (Lipinski definition) is 1. The summed E-state index contributed by atoms with van der Waals surface area (Å²) in [5.74, 6) is 0.887. The Balaban J connectivity index is 2.45. The standard InChI is InChI=1S/C15H15NO/c1-9-4-6-13-12-7-5-11(17-3)8-14(12)16-15(13)10(9)2/h4-8,16H,1-3H3. The number of aromatic nitrogens is 1. The van der Waals surface area contributed by atoms with Crippen LogP contribution in [0.15, 0.2) is 30.3 Å². The van der Waals surface area contributed by atoms with E-state index < -0.39 is 0 Å². The molecule has 0 saturated carbocycles. The molecule has 2 nitrogen and oxygen atoms in total. The number of aryl methyl sites for hydroxylation is 2. The average Bonchev–Trinajstić information content (AvgIpc) is 2.72. The minimum atomic E-state index is 0.887. The predicted molar refractivity (Wildman–Crippen MR) is 71.8 cm³/mol. The van der Waals surface area contributed by atoms with Gasteiger partial charge < -0.3 is 9.72 Å². The normalized spacial score (nSPS) is 11.2. The molecule has 0 aliphatic carbocycles. The van der Waals surface area contributed by atoms with E-state index in [0.717, 1.165) is 11.3 Å². The Hall–Kier alpha value is -1.96. The molecule has 3 rings (SSSR count). The molecule has 3 aromatic rings. The summed E-state index contributed by atoms with van der Waals surface area (Å²) < 4.78 is 5.25. The van der Waals surface area contributed by atoms with Crippen LogP contribution >= 0.6 is 0 Å². The zero-order valence-electron chi connectivity index (χ0n) is 10.3. The summed E-state index contributed by atoms with van der Waals surface area (Å²) in [6.45, 7) is 4.30. The van der Waals surface area contributed by atoms with Crippen LogP contribution in [0.3, 0.4) is 0 Å². The molecule has 1 aromatic heterocycles. The van der Waals surface area contributed by atoms with E-state index in [4.69, 9.17) is 4.74 Å². The van der Waals surface area contributed by atoms with Gasteiger partial charge >= 0.3 is 0 Å². The van der Waals surface area contributed by atoms with Gasteiger partial charge in [0.2, 0.25) is 0 Å². The fourth-order valence-corrected chi connectivity index (χ4v) is 2.32. The summed E-state index contributed by atoms with van der Waals surface area (Å²) >= 11 is 0. The fourth-order valence-electron chi connectivity index (χ4n) is 2.32. The molecule has 0 fully saturated rings. The molecule has 0 spiro atoms. The third-order valence-corrected chi connectivity index (χ3v) is 3.51. The minimum absolute atomic E-state index is 0.887. The van der Waals surface area contributed by atoms with E-state index in [1.165, 1.54) is 27.4 Å². The van der Waals surface area contributed by atoms with Crippen LogP contribution in [0.1, 0.15) is 11.1 Å². The molecule has 2 heteroatoms. The van der Waals surface area contributed by atoms with Crippen molar-refractivity contribution in [3.05, 3.63) is 41.5 Å². The molecule has 17 heavy (non-hydrogen) atoms. The van der Waals surface area contributed by atoms with Gasteiger partial charge in [0, 0.05) is 22.4 Å². The summed E-state index contributed by atoms with van der Waals surface area (Å²) in [4.78, 5) is 3.48. The van der Waals surface area contributed by atoms with Gasteiger partial charge in [0.1, 0.15) is 5.75 Å². The van der Waals surface area contributed by atoms with Crippen molar-refractivity contribution in [1.29, 1.82) is 0 Å². The van der Waals surface area contributed by atoms with Crippen molar-refractivity contribution in [2.75, 3.05) is 7.11 Å². The third-order valence-electron chi connectivity index (χ3n) is 3.51. The van der Waals surface area contributed by atoms with Gasteiger partial charge in [0.15, 0.2) is 0 Å². The number of benzene rings is 2. The van der Waals surface area contributed by atoms with Crippen LogP contribution in [0.5, 0.6) is 5.75 Å². The molecule has 0 bridgehead atoms. The molecule has 0 atom stereocenters. The molecule has 1 heterocycles. The molecule has 0 radical (unpaired) electrons. The van der Waals surface area contributed by atoms with Crippen molar-refractivity contribution in [2.24, 2.45) is 0 Å². The van der Waals surface area contributed by atoms with Crippen LogP contribution < -0.4 is 4.74 Å². The number of H-pyrrole nitrogens is 1. The lowest BCUT2D eigenvalue weighted by atomic mass is 10.1. The van der Waals surface area contributed by atoms with Crippen molar-refractivity contribution >= 4 is 21.8 Å². The van der Waals surface area contributed by atoms with Gasteiger partial charge in [-0.05, 0) is 37.1 Å². The summed E-state index contributed by atoms with van der Waals surface area (Å²) in [7, 11) is 1.69. The van der Waals surface area contributed by atoms with E-state index in [2.05, 4.69) is 37.0 Å². The lowest BCUT2D eigenvalue weighted by Gasteiger charge is -2.00. The highest BCUT2D eigenvalue weighted by Crippen LogP contribution is 2.30. The van der Waals surface area contributed by atoms with Crippen LogP contribution in [0.4, 0.5) is 0 Å². The number of rotatable bonds is 1. The number of methoxy groups -OCH3 is 1. The first-order valence-corrected chi connectivity index (χ1v) is 5.76. The number of ether oxygens (including phenoxy) is 1. The van der Waals surface area contributed by atoms with Gasteiger partial charge in [-0.1, -0.05) is 12.1 Å². The second kappa shape index (κ2) is 3.52. The highest BCUT2D eigenvalue weighted by atomic mass is 16.5. The second-order valence-electron chi connectivity index (χ2n) is 4.47. The topological polar surface area (TPSA) is 25.0 Å². The number of hydrogen-bond donors (Lipinski definition) is 1. The van der Waals surface area contributed by atoms with E-state index in [1.54, 1.807) is 7.11 Å². The maximum atomic E-state index is 5.25. The van der Waals surface area contributed by atoms with Gasteiger partial charge in [-0.2, -0.15) is 0 Å². The smallest absolute Gasteiger partial charge is 0.120 e. The van der Waals surface area contributed by atoms with E-state index in [0.29, 0.717) is 0 Å². The predicted octanol–water partition coefficient (Wildman–Crippen LogP) is 3.95. The Morgan fingerprint density at radius 2 is 1.76 bits per heavy atom. The number of fused-ring (bicyclic) bond motifs is 3. The van der Waals surface area contributed by atoms with Crippen LogP contribution in [0.25, 0.3) is 21.8 Å². The molecular weight excluding hydrogens is 210 g/mol. The first-order valence-electron chi connectivity index (χ1n) is 5.76. The molecule has 0 amide bonds. The van der Waals surface area contributed by atoms with Crippen LogP contribution in [-0.4, -0.2) is 12.1 Å². The van der Waals surface area contributed by atoms with Crippen molar-refractivity contribution in [3.8, 4) is 5.75 Å². The van der Waals surface area contributed by atoms with E-state index in [-0.39, 0.29) is 0 Å². The molecule has 1 N–H and O–H groups in total. The van der Waals surface area contributed by atoms with E-state index in [1.807, 2.05) is 12.1 Å². The van der Waals surface area contributed by atoms with Crippen molar-refractivity contribution in [2.45, 2.75) is 13.8 Å². The van der Waals surface area contributed by atoms with Crippen molar-refractivity contribution < 1.29 is 4.74 Å². The fraction of sp³-hybridized carbons (Fsp3) is 0.200. The Morgan fingerprint density at radius 1 is 1.00 bits per heavy atom. The molecule has 86 valence electrons. The third kappa shape index (κ3) is 1.41. The monoisotopic (exact) mass is 225 g/mol. The quantitative estimate of drug-likeness (QED) is 0.666. The van der Waals surface area contributed by atoms with Crippen molar-refractivity contribution in [3.63, 3.8) is 0 Å². The average molecular weight is 225 g/mol. The number of aromatic amines is 1. The summed E-state index contributed by atoms with van der Waals surface area (Å²) in [5, 5.41) is 2.54. The summed E-state index contributed by atoms with van der Waals surface area (Å²) in [5.41, 5.74) is 5.00. The lowest BCUT2D eigenvalue weighted by molar-refractivity contribution is 0.415. The van der Waals surface area contributed by atoms with Crippen LogP contribution in [-0.2, 0) is 0 Å². The lowest BCUT2D eigenvalue weighted by Crippen LogP contribution is -1.81. The molecule has 2 aromatic carbocycles. The minimum Gasteiger partial charge on any atom is -0.497 e. The van der Waals surface area contributed by atoms with Crippen LogP contribution in [0.2, 0.25) is 0 Å². The summed E-state index contributed by atoms with van der Waals surface area (Å²) in [6.07, 6.45) is 0. The first kappa shape index (κ1) is 10.2. The first-order chi connectivity index (χ1) is 8.20. The Bertz CT molecular complexity index is 710. The van der Waals surface area contributed by atoms with Gasteiger partial charge in [0.05, 0.1) is 12.6 Å².